The van der Waals surface area contributed by atoms with E-state index in [4.69, 9.17) is 0 Å². The Kier molecular flexibility index (Phi) is 4.77. The van der Waals surface area contributed by atoms with E-state index in [9.17, 15) is 4.79 Å². The molecule has 0 unspecified atom stereocenters. The fraction of sp³-hybridized carbons (Fsp3) is 0.120. The Morgan fingerprint density at radius 1 is 0.933 bits per heavy atom. The van der Waals surface area contributed by atoms with Crippen LogP contribution in [0.15, 0.2) is 91.5 Å². The van der Waals surface area contributed by atoms with Crippen molar-refractivity contribution in [3.63, 3.8) is 0 Å². The summed E-state index contributed by atoms with van der Waals surface area (Å²) in [6, 6.07) is 24.1. The summed E-state index contributed by atoms with van der Waals surface area (Å²) in [5.74, 6) is -0.107. The summed E-state index contributed by atoms with van der Waals surface area (Å²) in [6.45, 7) is 1.65. The van der Waals surface area contributed by atoms with Gasteiger partial charge in [0.15, 0.2) is 0 Å². The summed E-state index contributed by atoms with van der Waals surface area (Å²) in [7, 11) is 0. The van der Waals surface area contributed by atoms with E-state index in [1.807, 2.05) is 53.2 Å². The highest BCUT2D eigenvalue weighted by Crippen LogP contribution is 2.38. The van der Waals surface area contributed by atoms with Crippen LogP contribution in [0.4, 0.5) is 17.1 Å². The second-order valence-corrected chi connectivity index (χ2v) is 7.43. The lowest BCUT2D eigenvalue weighted by Crippen LogP contribution is -2.18. The molecule has 30 heavy (non-hydrogen) atoms. The second-order valence-electron chi connectivity index (χ2n) is 7.43. The molecule has 1 amide bonds. The van der Waals surface area contributed by atoms with Crippen LogP contribution in [0.2, 0.25) is 0 Å². The number of fused-ring (bicyclic) bond motifs is 1. The highest BCUT2D eigenvalue weighted by atomic mass is 16.1. The number of rotatable bonds is 5. The molecular formula is C25H22N4O. The maximum Gasteiger partial charge on any atom is 0.255 e. The molecule has 0 bridgehead atoms. The first-order valence-electron chi connectivity index (χ1n) is 10.1. The average molecular weight is 394 g/mol. The maximum atomic E-state index is 12.9. The standard InChI is InChI=1S/C25H22N4O/c30-25(21-11-9-19(10-12-21)17-28-16-14-26-18-28)27-22-6-2-4-8-24(22)29-15-13-20-5-1-3-7-23(20)29/h1-12,14,16,18H,13,15,17H2,(H,27,30). The number of anilines is 3. The number of hydrogen-bond acceptors (Lipinski definition) is 3. The van der Waals surface area contributed by atoms with Crippen LogP contribution in [-0.2, 0) is 13.0 Å². The maximum absolute atomic E-state index is 12.9. The van der Waals surface area contributed by atoms with Crippen LogP contribution >= 0.6 is 0 Å². The molecule has 148 valence electrons. The van der Waals surface area contributed by atoms with Gasteiger partial charge in [0.2, 0.25) is 0 Å². The van der Waals surface area contributed by atoms with E-state index in [1.54, 1.807) is 12.5 Å². The van der Waals surface area contributed by atoms with Crippen molar-refractivity contribution in [2.75, 3.05) is 16.8 Å². The highest BCUT2D eigenvalue weighted by Gasteiger charge is 2.22. The molecule has 1 aromatic heterocycles. The molecule has 4 aromatic rings. The number of imidazole rings is 1. The lowest BCUT2D eigenvalue weighted by Gasteiger charge is -2.23. The third kappa shape index (κ3) is 3.57. The Bertz CT molecular complexity index is 1170. The Hall–Kier alpha value is -3.86. The first kappa shape index (κ1) is 18.2. The highest BCUT2D eigenvalue weighted by molar-refractivity contribution is 6.06. The van der Waals surface area contributed by atoms with Crippen molar-refractivity contribution in [3.8, 4) is 0 Å². The van der Waals surface area contributed by atoms with Gasteiger partial charge in [-0.15, -0.1) is 0 Å². The molecule has 5 rings (SSSR count). The Morgan fingerprint density at radius 3 is 2.50 bits per heavy atom. The van der Waals surface area contributed by atoms with Crippen LogP contribution in [-0.4, -0.2) is 22.0 Å². The molecule has 3 aromatic carbocycles. The van der Waals surface area contributed by atoms with Gasteiger partial charge in [0, 0.05) is 36.7 Å². The lowest BCUT2D eigenvalue weighted by molar-refractivity contribution is 0.102. The van der Waals surface area contributed by atoms with Crippen molar-refractivity contribution >= 4 is 23.0 Å². The molecule has 0 fully saturated rings. The van der Waals surface area contributed by atoms with Gasteiger partial charge in [-0.2, -0.15) is 0 Å². The van der Waals surface area contributed by atoms with Gasteiger partial charge in [0.25, 0.3) is 5.91 Å². The summed E-state index contributed by atoms with van der Waals surface area (Å²) < 4.78 is 2.00. The molecule has 0 radical (unpaired) electrons. The van der Waals surface area contributed by atoms with Crippen molar-refractivity contribution in [2.24, 2.45) is 0 Å². The van der Waals surface area contributed by atoms with Crippen LogP contribution < -0.4 is 10.2 Å². The third-order valence-corrected chi connectivity index (χ3v) is 5.47. The quantitative estimate of drug-likeness (QED) is 0.525. The first-order valence-corrected chi connectivity index (χ1v) is 10.1. The zero-order valence-corrected chi connectivity index (χ0v) is 16.5. The number of nitrogens with one attached hydrogen (secondary N) is 1. The topological polar surface area (TPSA) is 50.2 Å². The minimum absolute atomic E-state index is 0.107. The van der Waals surface area contributed by atoms with Gasteiger partial charge in [-0.25, -0.2) is 4.98 Å². The first-order chi connectivity index (χ1) is 14.8. The summed E-state index contributed by atoms with van der Waals surface area (Å²) >= 11 is 0. The number of carbonyl (C=O) groups is 1. The molecule has 0 saturated heterocycles. The van der Waals surface area contributed by atoms with Crippen LogP contribution in [0, 0.1) is 0 Å². The van der Waals surface area contributed by atoms with Gasteiger partial charge in [0.05, 0.1) is 17.7 Å². The van der Waals surface area contributed by atoms with E-state index in [2.05, 4.69) is 45.5 Å². The van der Waals surface area contributed by atoms with Gasteiger partial charge < -0.3 is 14.8 Å². The molecule has 1 aliphatic heterocycles. The van der Waals surface area contributed by atoms with Crippen molar-refractivity contribution in [1.29, 1.82) is 0 Å². The van der Waals surface area contributed by atoms with E-state index in [0.29, 0.717) is 5.56 Å². The molecule has 5 nitrogen and oxygen atoms in total. The van der Waals surface area contributed by atoms with E-state index < -0.39 is 0 Å². The van der Waals surface area contributed by atoms with Gasteiger partial charge in [-0.1, -0.05) is 42.5 Å². The number of para-hydroxylation sites is 3. The van der Waals surface area contributed by atoms with E-state index in [0.717, 1.165) is 36.4 Å². The summed E-state index contributed by atoms with van der Waals surface area (Å²) in [5.41, 5.74) is 6.16. The summed E-state index contributed by atoms with van der Waals surface area (Å²) in [5, 5.41) is 3.10. The Labute approximate surface area is 175 Å². The number of nitrogens with zero attached hydrogens (tertiary/aromatic N) is 3. The predicted octanol–water partition coefficient (Wildman–Crippen LogP) is 4.88. The monoisotopic (exact) mass is 394 g/mol. The van der Waals surface area contributed by atoms with Gasteiger partial charge >= 0.3 is 0 Å². The molecule has 0 aliphatic carbocycles. The van der Waals surface area contributed by atoms with E-state index in [-0.39, 0.29) is 5.91 Å². The molecule has 0 spiro atoms. The Balaban J connectivity index is 1.35. The second kappa shape index (κ2) is 7.87. The number of aromatic nitrogens is 2. The summed E-state index contributed by atoms with van der Waals surface area (Å²) in [4.78, 5) is 19.2. The molecular weight excluding hydrogens is 372 g/mol. The SMILES string of the molecule is O=C(Nc1ccccc1N1CCc2ccccc21)c1ccc(Cn2ccnc2)cc1. The van der Waals surface area contributed by atoms with Crippen molar-refractivity contribution in [3.05, 3.63) is 108 Å². The third-order valence-electron chi connectivity index (χ3n) is 5.47. The van der Waals surface area contributed by atoms with Gasteiger partial charge in [-0.05, 0) is 47.9 Å². The average Bonchev–Trinajstić information content (AvgIpc) is 3.44. The fourth-order valence-corrected chi connectivity index (χ4v) is 3.95. The number of amides is 1. The molecule has 1 N–H and O–H groups in total. The van der Waals surface area contributed by atoms with Crippen LogP contribution in [0.1, 0.15) is 21.5 Å². The van der Waals surface area contributed by atoms with Crippen molar-refractivity contribution < 1.29 is 4.79 Å². The van der Waals surface area contributed by atoms with Crippen molar-refractivity contribution in [2.45, 2.75) is 13.0 Å². The number of hydrogen-bond donors (Lipinski definition) is 1. The Morgan fingerprint density at radius 2 is 1.70 bits per heavy atom. The largest absolute Gasteiger partial charge is 0.339 e. The van der Waals surface area contributed by atoms with Gasteiger partial charge in [-0.3, -0.25) is 4.79 Å². The minimum atomic E-state index is -0.107. The van der Waals surface area contributed by atoms with Crippen LogP contribution in [0.25, 0.3) is 0 Å². The molecule has 0 saturated carbocycles. The van der Waals surface area contributed by atoms with Gasteiger partial charge in [0.1, 0.15) is 0 Å². The minimum Gasteiger partial charge on any atom is -0.339 e. The number of carbonyl (C=O) groups excluding carboxylic acids is 1. The molecule has 1 aliphatic rings. The summed E-state index contributed by atoms with van der Waals surface area (Å²) in [6.07, 6.45) is 6.48. The van der Waals surface area contributed by atoms with E-state index >= 15 is 0 Å². The predicted molar refractivity (Wildman–Crippen MR) is 119 cm³/mol. The fourth-order valence-electron chi connectivity index (χ4n) is 3.95. The van der Waals surface area contributed by atoms with E-state index in [1.165, 1.54) is 11.3 Å². The normalized spacial score (nSPS) is 12.6. The molecule has 2 heterocycles. The molecule has 0 atom stereocenters. The van der Waals surface area contributed by atoms with Crippen LogP contribution in [0.3, 0.4) is 0 Å². The zero-order chi connectivity index (χ0) is 20.3. The zero-order valence-electron chi connectivity index (χ0n) is 16.5. The van der Waals surface area contributed by atoms with Crippen LogP contribution in [0.5, 0.6) is 0 Å². The smallest absolute Gasteiger partial charge is 0.255 e. The van der Waals surface area contributed by atoms with Crippen molar-refractivity contribution in [1.82, 2.24) is 9.55 Å². The number of benzene rings is 3. The molecule has 5 heteroatoms. The lowest BCUT2D eigenvalue weighted by atomic mass is 10.1.